The van der Waals surface area contributed by atoms with E-state index in [1.807, 2.05) is 30.3 Å². The highest BCUT2D eigenvalue weighted by Gasteiger charge is 2.24. The Bertz CT molecular complexity index is 1410. The zero-order valence-electron chi connectivity index (χ0n) is 19.2. The number of hydrogen-bond donors (Lipinski definition) is 0. The van der Waals surface area contributed by atoms with Gasteiger partial charge in [-0.05, 0) is 68.1 Å². The highest BCUT2D eigenvalue weighted by Crippen LogP contribution is 2.34. The maximum absolute atomic E-state index is 13.8. The van der Waals surface area contributed by atoms with E-state index < -0.39 is 0 Å². The van der Waals surface area contributed by atoms with E-state index >= 15 is 0 Å². The van der Waals surface area contributed by atoms with Crippen LogP contribution in [0.3, 0.4) is 0 Å². The largest absolute Gasteiger partial charge is 0.486 e. The van der Waals surface area contributed by atoms with Crippen molar-refractivity contribution in [3.63, 3.8) is 0 Å². The van der Waals surface area contributed by atoms with Gasteiger partial charge < -0.3 is 9.47 Å². The normalized spacial score (nSPS) is 15.2. The Morgan fingerprint density at radius 2 is 1.91 bits per heavy atom. The molecular weight excluding hydrogens is 452 g/mol. The summed E-state index contributed by atoms with van der Waals surface area (Å²) in [5, 5.41) is 1.43. The van der Waals surface area contributed by atoms with Crippen molar-refractivity contribution in [1.82, 2.24) is 9.55 Å². The maximum atomic E-state index is 13.8. The molecule has 3 heterocycles. The van der Waals surface area contributed by atoms with E-state index in [-0.39, 0.29) is 11.7 Å². The van der Waals surface area contributed by atoms with Crippen LogP contribution in [0.15, 0.2) is 52.4 Å². The van der Waals surface area contributed by atoms with Gasteiger partial charge in [0.05, 0.1) is 11.1 Å². The fraction of sp³-hybridized carbons (Fsp3) is 0.308. The minimum absolute atomic E-state index is 0.00175. The second-order valence-corrected chi connectivity index (χ2v) is 10.5. The van der Waals surface area contributed by atoms with Crippen molar-refractivity contribution < 1.29 is 9.47 Å². The highest BCUT2D eigenvalue weighted by molar-refractivity contribution is 7.99. The van der Waals surface area contributed by atoms with Crippen LogP contribution in [0.25, 0.3) is 15.9 Å². The predicted molar refractivity (Wildman–Crippen MR) is 136 cm³/mol. The molecule has 1 atom stereocenters. The number of fused-ring (bicyclic) bond motifs is 2. The van der Waals surface area contributed by atoms with Crippen molar-refractivity contribution in [3.05, 3.63) is 74.4 Å². The van der Waals surface area contributed by atoms with E-state index in [1.54, 1.807) is 15.9 Å². The second-order valence-electron chi connectivity index (χ2n) is 8.28. The minimum atomic E-state index is -0.123. The number of ether oxygens (including phenoxy) is 2. The number of thioether (sulfide) groups is 1. The lowest BCUT2D eigenvalue weighted by molar-refractivity contribution is 0.107. The molecule has 0 spiro atoms. The van der Waals surface area contributed by atoms with E-state index in [0.29, 0.717) is 17.5 Å². The molecule has 0 amide bonds. The lowest BCUT2D eigenvalue weighted by Gasteiger charge is -2.26. The topological polar surface area (TPSA) is 53.4 Å². The minimum Gasteiger partial charge on any atom is -0.486 e. The van der Waals surface area contributed by atoms with Crippen LogP contribution in [0.4, 0.5) is 0 Å². The van der Waals surface area contributed by atoms with Gasteiger partial charge >= 0.3 is 0 Å². The van der Waals surface area contributed by atoms with Gasteiger partial charge in [0.25, 0.3) is 5.56 Å². The van der Waals surface area contributed by atoms with Crippen molar-refractivity contribution >= 4 is 33.3 Å². The Hall–Kier alpha value is -2.77. The molecule has 0 saturated heterocycles. The monoisotopic (exact) mass is 478 g/mol. The number of para-hydroxylation sites is 2. The maximum Gasteiger partial charge on any atom is 0.267 e. The quantitative estimate of drug-likeness (QED) is 0.265. The molecule has 1 aliphatic rings. The van der Waals surface area contributed by atoms with Crippen LogP contribution in [-0.4, -0.2) is 28.0 Å². The first kappa shape index (κ1) is 22.0. The van der Waals surface area contributed by atoms with Crippen LogP contribution >= 0.6 is 23.1 Å². The van der Waals surface area contributed by atoms with Crippen molar-refractivity contribution in [2.24, 2.45) is 0 Å². The first-order valence-electron chi connectivity index (χ1n) is 11.1. The SMILES string of the molecule is CCc1c(C)sc2nc(SC[C@H]3COc4ccccc4O3)n(-c3ccc(C)c(C)c3)c(=O)c12. The fourth-order valence-corrected chi connectivity index (χ4v) is 6.26. The molecule has 0 saturated carbocycles. The molecule has 2 aromatic heterocycles. The molecule has 2 aromatic carbocycles. The van der Waals surface area contributed by atoms with Crippen LogP contribution < -0.4 is 15.0 Å². The molecule has 0 unspecified atom stereocenters. The zero-order chi connectivity index (χ0) is 23.1. The van der Waals surface area contributed by atoms with Gasteiger partial charge in [0, 0.05) is 10.6 Å². The Morgan fingerprint density at radius 3 is 2.67 bits per heavy atom. The molecule has 7 heteroatoms. The van der Waals surface area contributed by atoms with Gasteiger partial charge in [-0.25, -0.2) is 4.98 Å². The number of thiophene rings is 1. The first-order chi connectivity index (χ1) is 16.0. The molecule has 0 fully saturated rings. The van der Waals surface area contributed by atoms with Gasteiger partial charge in [-0.3, -0.25) is 9.36 Å². The summed E-state index contributed by atoms with van der Waals surface area (Å²) in [6.45, 7) is 8.78. The third-order valence-electron chi connectivity index (χ3n) is 6.06. The highest BCUT2D eigenvalue weighted by atomic mass is 32.2. The van der Waals surface area contributed by atoms with Crippen molar-refractivity contribution in [1.29, 1.82) is 0 Å². The van der Waals surface area contributed by atoms with E-state index in [0.717, 1.165) is 49.8 Å². The van der Waals surface area contributed by atoms with Gasteiger partial charge in [-0.2, -0.15) is 0 Å². The Labute approximate surface area is 201 Å². The van der Waals surface area contributed by atoms with Gasteiger partial charge in [-0.1, -0.05) is 36.9 Å². The lowest BCUT2D eigenvalue weighted by Crippen LogP contribution is -2.31. The molecule has 0 N–H and O–H groups in total. The number of rotatable bonds is 5. The summed E-state index contributed by atoms with van der Waals surface area (Å²) in [7, 11) is 0. The average molecular weight is 479 g/mol. The van der Waals surface area contributed by atoms with Crippen molar-refractivity contribution in [3.8, 4) is 17.2 Å². The van der Waals surface area contributed by atoms with Gasteiger partial charge in [0.2, 0.25) is 0 Å². The van der Waals surface area contributed by atoms with Crippen LogP contribution in [-0.2, 0) is 6.42 Å². The molecule has 170 valence electrons. The van der Waals surface area contributed by atoms with Crippen molar-refractivity contribution in [2.75, 3.05) is 12.4 Å². The number of benzene rings is 2. The van der Waals surface area contributed by atoms with Gasteiger partial charge in [0.15, 0.2) is 16.7 Å². The molecule has 5 nitrogen and oxygen atoms in total. The molecule has 0 aliphatic carbocycles. The Kier molecular flexibility index (Phi) is 5.93. The molecule has 4 aromatic rings. The molecule has 33 heavy (non-hydrogen) atoms. The molecule has 0 bridgehead atoms. The van der Waals surface area contributed by atoms with Gasteiger partial charge in [0.1, 0.15) is 17.5 Å². The van der Waals surface area contributed by atoms with E-state index in [2.05, 4.69) is 39.8 Å². The second kappa shape index (κ2) is 8.88. The smallest absolute Gasteiger partial charge is 0.267 e. The van der Waals surface area contributed by atoms with E-state index in [1.165, 1.54) is 17.3 Å². The number of nitrogens with zero attached hydrogens (tertiary/aromatic N) is 2. The molecule has 1 aliphatic heterocycles. The lowest BCUT2D eigenvalue weighted by atomic mass is 10.1. The summed E-state index contributed by atoms with van der Waals surface area (Å²) in [5.74, 6) is 2.15. The standard InChI is InChI=1S/C26H26N2O3S2/c1-5-20-17(4)33-24-23(20)25(29)28(18-11-10-15(2)16(3)12-18)26(27-24)32-14-19-13-30-21-8-6-7-9-22(21)31-19/h6-12,19H,5,13-14H2,1-4H3/t19-/m1/s1. The molecule has 5 rings (SSSR count). The summed E-state index contributed by atoms with van der Waals surface area (Å²) in [5.41, 5.74) is 4.28. The fourth-order valence-electron chi connectivity index (χ4n) is 4.13. The van der Waals surface area contributed by atoms with E-state index in [4.69, 9.17) is 14.5 Å². The third-order valence-corrected chi connectivity index (χ3v) is 8.18. The Morgan fingerprint density at radius 1 is 1.12 bits per heavy atom. The summed E-state index contributed by atoms with van der Waals surface area (Å²) in [4.78, 5) is 20.8. The number of hydrogen-bond acceptors (Lipinski definition) is 6. The summed E-state index contributed by atoms with van der Waals surface area (Å²) >= 11 is 3.14. The zero-order valence-corrected chi connectivity index (χ0v) is 20.8. The average Bonchev–Trinajstić information content (AvgIpc) is 3.14. The van der Waals surface area contributed by atoms with Crippen LogP contribution in [0.1, 0.15) is 28.5 Å². The van der Waals surface area contributed by atoms with E-state index in [9.17, 15) is 4.79 Å². The van der Waals surface area contributed by atoms with Crippen LogP contribution in [0.2, 0.25) is 0 Å². The van der Waals surface area contributed by atoms with Crippen LogP contribution in [0.5, 0.6) is 11.5 Å². The number of aryl methyl sites for hydroxylation is 4. The first-order valence-corrected chi connectivity index (χ1v) is 12.9. The summed E-state index contributed by atoms with van der Waals surface area (Å²) in [6, 6.07) is 13.8. The molecule has 0 radical (unpaired) electrons. The summed E-state index contributed by atoms with van der Waals surface area (Å²) in [6.07, 6.45) is 0.691. The number of aromatic nitrogens is 2. The Balaban J connectivity index is 1.56. The predicted octanol–water partition coefficient (Wildman–Crippen LogP) is 5.87. The summed E-state index contributed by atoms with van der Waals surface area (Å²) < 4.78 is 13.8. The van der Waals surface area contributed by atoms with Gasteiger partial charge in [-0.15, -0.1) is 11.3 Å². The third kappa shape index (κ3) is 4.04. The van der Waals surface area contributed by atoms with Crippen LogP contribution in [0, 0.1) is 20.8 Å². The van der Waals surface area contributed by atoms with Crippen molar-refractivity contribution in [2.45, 2.75) is 45.4 Å². The molecular formula is C26H26N2O3S2.